The molecule has 0 fully saturated rings. The minimum atomic E-state index is -0.584. The molecule has 2 heterocycles. The Balaban J connectivity index is 1.71. The third-order valence-corrected chi connectivity index (χ3v) is 5.28. The van der Waals surface area contributed by atoms with Crippen LogP contribution in [0.2, 0.25) is 0 Å². The Hall–Kier alpha value is -4.04. The molecule has 0 saturated heterocycles. The third kappa shape index (κ3) is 4.59. The molecule has 0 radical (unpaired) electrons. The highest BCUT2D eigenvalue weighted by Gasteiger charge is 2.11. The number of nitro groups is 1. The fraction of sp³-hybridized carbons (Fsp3) is 0.0435. The summed E-state index contributed by atoms with van der Waals surface area (Å²) in [5, 5.41) is 17.3. The van der Waals surface area contributed by atoms with E-state index in [9.17, 15) is 10.1 Å². The van der Waals surface area contributed by atoms with Crippen molar-refractivity contribution >= 4 is 23.4 Å². The van der Waals surface area contributed by atoms with Crippen molar-refractivity contribution in [3.8, 4) is 22.4 Å². The van der Waals surface area contributed by atoms with Gasteiger partial charge in [-0.3, -0.25) is 15.1 Å². The molecule has 2 aromatic carbocycles. The average molecular weight is 430 g/mol. The Kier molecular flexibility index (Phi) is 6.00. The fourth-order valence-corrected chi connectivity index (χ4v) is 3.80. The minimum Gasteiger partial charge on any atom is -0.400 e. The molecular weight excluding hydrogens is 412 g/mol. The monoisotopic (exact) mass is 430 g/mol. The van der Waals surface area contributed by atoms with Gasteiger partial charge in [-0.1, -0.05) is 60.7 Å². The summed E-state index contributed by atoms with van der Waals surface area (Å²) in [6.07, 6.45) is 3.15. The zero-order valence-corrected chi connectivity index (χ0v) is 17.2. The number of benzene rings is 2. The number of hydrogen-bond donors (Lipinski definition) is 0. The molecule has 7 nitrogen and oxygen atoms in total. The van der Waals surface area contributed by atoms with Crippen LogP contribution in [0.4, 0.5) is 5.88 Å². The molecular formula is C23H18N4O3S. The van der Waals surface area contributed by atoms with Crippen molar-refractivity contribution in [1.29, 1.82) is 0 Å². The van der Waals surface area contributed by atoms with Crippen LogP contribution < -0.4 is 4.80 Å². The van der Waals surface area contributed by atoms with Gasteiger partial charge in [0, 0.05) is 10.9 Å². The lowest BCUT2D eigenvalue weighted by Crippen LogP contribution is -2.12. The summed E-state index contributed by atoms with van der Waals surface area (Å²) in [6, 6.07) is 21.1. The Bertz CT molecular complexity index is 1300. The summed E-state index contributed by atoms with van der Waals surface area (Å²) in [5.41, 5.74) is 4.09. The zero-order chi connectivity index (χ0) is 21.6. The normalized spacial score (nSPS) is 11.8. The van der Waals surface area contributed by atoms with E-state index in [1.54, 1.807) is 10.8 Å². The maximum atomic E-state index is 10.8. The lowest BCUT2D eigenvalue weighted by atomic mass is 10.0. The lowest BCUT2D eigenvalue weighted by molar-refractivity contribution is -0.402. The van der Waals surface area contributed by atoms with E-state index in [0.717, 1.165) is 22.4 Å². The molecule has 0 aliphatic carbocycles. The van der Waals surface area contributed by atoms with Gasteiger partial charge < -0.3 is 4.42 Å². The highest BCUT2D eigenvalue weighted by atomic mass is 32.1. The third-order valence-electron chi connectivity index (χ3n) is 4.42. The number of hydrogen-bond acceptors (Lipinski definition) is 6. The van der Waals surface area contributed by atoms with Gasteiger partial charge in [0.05, 0.1) is 24.5 Å². The molecule has 31 heavy (non-hydrogen) atoms. The van der Waals surface area contributed by atoms with Crippen molar-refractivity contribution < 1.29 is 9.34 Å². The van der Waals surface area contributed by atoms with Gasteiger partial charge >= 0.3 is 5.88 Å². The van der Waals surface area contributed by atoms with Crippen molar-refractivity contribution in [2.75, 3.05) is 6.54 Å². The van der Waals surface area contributed by atoms with Gasteiger partial charge in [0.2, 0.25) is 4.80 Å². The van der Waals surface area contributed by atoms with E-state index in [-0.39, 0.29) is 11.6 Å². The van der Waals surface area contributed by atoms with E-state index in [1.807, 2.05) is 35.7 Å². The Morgan fingerprint density at radius 2 is 1.74 bits per heavy atom. The second-order valence-electron chi connectivity index (χ2n) is 6.47. The van der Waals surface area contributed by atoms with Crippen LogP contribution in [-0.4, -0.2) is 22.4 Å². The summed E-state index contributed by atoms with van der Waals surface area (Å²) in [6.45, 7) is 4.16. The van der Waals surface area contributed by atoms with Gasteiger partial charge in [-0.2, -0.15) is 5.10 Å². The van der Waals surface area contributed by atoms with E-state index < -0.39 is 4.92 Å². The van der Waals surface area contributed by atoms with Crippen LogP contribution in [-0.2, 0) is 0 Å². The van der Waals surface area contributed by atoms with Crippen LogP contribution in [0.25, 0.3) is 22.4 Å². The Morgan fingerprint density at radius 1 is 1.03 bits per heavy atom. The predicted molar refractivity (Wildman–Crippen MR) is 122 cm³/mol. The molecule has 8 heteroatoms. The average Bonchev–Trinajstić information content (AvgIpc) is 3.44. The van der Waals surface area contributed by atoms with Crippen LogP contribution in [0.5, 0.6) is 0 Å². The van der Waals surface area contributed by atoms with Crippen molar-refractivity contribution in [1.82, 2.24) is 4.68 Å². The number of aromatic nitrogens is 1. The summed E-state index contributed by atoms with van der Waals surface area (Å²) >= 11 is 1.45. The number of thiazole rings is 1. The zero-order valence-electron chi connectivity index (χ0n) is 16.4. The second-order valence-corrected chi connectivity index (χ2v) is 7.30. The van der Waals surface area contributed by atoms with Crippen molar-refractivity contribution in [3.63, 3.8) is 0 Å². The molecule has 0 spiro atoms. The molecule has 0 atom stereocenters. The van der Waals surface area contributed by atoms with Gasteiger partial charge in [-0.25, -0.2) is 4.68 Å². The fourth-order valence-electron chi connectivity index (χ4n) is 2.95. The van der Waals surface area contributed by atoms with Crippen LogP contribution in [0.15, 0.2) is 99.3 Å². The first-order chi connectivity index (χ1) is 15.2. The van der Waals surface area contributed by atoms with Crippen LogP contribution in [0.1, 0.15) is 5.76 Å². The van der Waals surface area contributed by atoms with E-state index in [4.69, 9.17) is 4.42 Å². The van der Waals surface area contributed by atoms with Crippen molar-refractivity contribution in [2.45, 2.75) is 0 Å². The molecule has 0 N–H and O–H groups in total. The first-order valence-electron chi connectivity index (χ1n) is 9.42. The summed E-state index contributed by atoms with van der Waals surface area (Å²) in [7, 11) is 0. The predicted octanol–water partition coefficient (Wildman–Crippen LogP) is 5.35. The van der Waals surface area contributed by atoms with Gasteiger partial charge in [0.1, 0.15) is 4.92 Å². The molecule has 0 saturated carbocycles. The molecule has 154 valence electrons. The number of rotatable bonds is 7. The molecule has 0 unspecified atom stereocenters. The molecule has 0 bridgehead atoms. The molecule has 0 amide bonds. The van der Waals surface area contributed by atoms with Crippen LogP contribution in [0, 0.1) is 10.1 Å². The topological polar surface area (TPSA) is 85.9 Å². The molecule has 4 aromatic rings. The lowest BCUT2D eigenvalue weighted by Gasteiger charge is -2.06. The highest BCUT2D eigenvalue weighted by Crippen LogP contribution is 2.25. The summed E-state index contributed by atoms with van der Waals surface area (Å²) in [4.78, 5) is 15.4. The van der Waals surface area contributed by atoms with E-state index in [1.165, 1.54) is 29.7 Å². The standard InChI is InChI=1S/C23H18N4O3S/c1-2-14-24-23-26(25-15-20-12-13-22(30-20)27(28)29)21(16-31-23)19-10-8-18(9-11-19)17-6-4-3-5-7-17/h2-13,15-16H,1,14H2. The summed E-state index contributed by atoms with van der Waals surface area (Å²) in [5.74, 6) is -0.0458. The van der Waals surface area contributed by atoms with Gasteiger partial charge in [0.15, 0.2) is 5.76 Å². The molecule has 0 aliphatic heterocycles. The van der Waals surface area contributed by atoms with Gasteiger partial charge in [-0.05, 0) is 17.2 Å². The smallest absolute Gasteiger partial charge is 0.400 e. The highest BCUT2D eigenvalue weighted by molar-refractivity contribution is 7.07. The molecule has 0 aliphatic rings. The Labute approximate surface area is 182 Å². The number of nitrogens with zero attached hydrogens (tertiary/aromatic N) is 4. The molecule has 4 rings (SSSR count). The first-order valence-corrected chi connectivity index (χ1v) is 10.3. The quantitative estimate of drug-likeness (QED) is 0.171. The van der Waals surface area contributed by atoms with Crippen molar-refractivity contribution in [3.05, 3.63) is 105 Å². The van der Waals surface area contributed by atoms with Gasteiger partial charge in [0.25, 0.3) is 0 Å². The summed E-state index contributed by atoms with van der Waals surface area (Å²) < 4.78 is 6.86. The van der Waals surface area contributed by atoms with Crippen molar-refractivity contribution in [2.24, 2.45) is 10.1 Å². The minimum absolute atomic E-state index is 0.283. The van der Waals surface area contributed by atoms with Crippen LogP contribution in [0.3, 0.4) is 0 Å². The number of furan rings is 1. The van der Waals surface area contributed by atoms with E-state index in [2.05, 4.69) is 40.9 Å². The second kappa shape index (κ2) is 9.19. The SMILES string of the molecule is C=CCN=c1scc(-c2ccc(-c3ccccc3)cc2)n1N=Cc1ccc([N+](=O)[O-])o1. The maximum Gasteiger partial charge on any atom is 0.433 e. The Morgan fingerprint density at radius 3 is 2.42 bits per heavy atom. The first kappa shape index (κ1) is 20.2. The maximum absolute atomic E-state index is 10.8. The van der Waals surface area contributed by atoms with E-state index >= 15 is 0 Å². The van der Waals surface area contributed by atoms with E-state index in [0.29, 0.717) is 11.3 Å². The largest absolute Gasteiger partial charge is 0.433 e. The van der Waals surface area contributed by atoms with Crippen LogP contribution >= 0.6 is 11.3 Å². The van der Waals surface area contributed by atoms with Gasteiger partial charge in [-0.15, -0.1) is 17.9 Å². The molecule has 2 aromatic heterocycles.